The van der Waals surface area contributed by atoms with E-state index in [1.165, 1.54) is 0 Å². The summed E-state index contributed by atoms with van der Waals surface area (Å²) in [6, 6.07) is 3.47. The molecular formula is C11H13ClN2O. The molecule has 1 saturated carbocycles. The van der Waals surface area contributed by atoms with Gasteiger partial charge in [0.2, 0.25) is 0 Å². The van der Waals surface area contributed by atoms with Crippen LogP contribution in [0.2, 0.25) is 5.15 Å². The Kier molecular flexibility index (Phi) is 2.65. The van der Waals surface area contributed by atoms with Gasteiger partial charge in [0.1, 0.15) is 5.15 Å². The molecule has 0 aliphatic heterocycles. The molecular weight excluding hydrogens is 212 g/mol. The van der Waals surface area contributed by atoms with E-state index < -0.39 is 0 Å². The Morgan fingerprint density at radius 2 is 2.13 bits per heavy atom. The number of aromatic nitrogens is 1. The first-order valence-corrected chi connectivity index (χ1v) is 5.35. The lowest BCUT2D eigenvalue weighted by Crippen LogP contribution is -2.21. The van der Waals surface area contributed by atoms with Gasteiger partial charge in [0.05, 0.1) is 0 Å². The monoisotopic (exact) mass is 224 g/mol. The predicted molar refractivity (Wildman–Crippen MR) is 59.2 cm³/mol. The minimum absolute atomic E-state index is 0.0267. The van der Waals surface area contributed by atoms with Crippen LogP contribution in [0, 0.1) is 0 Å². The summed E-state index contributed by atoms with van der Waals surface area (Å²) in [5.41, 5.74) is 1.58. The predicted octanol–water partition coefficient (Wildman–Crippen LogP) is 2.31. The van der Waals surface area contributed by atoms with Crippen molar-refractivity contribution in [1.82, 2.24) is 9.88 Å². The molecule has 3 nitrogen and oxygen atoms in total. The van der Waals surface area contributed by atoms with Crippen LogP contribution in [-0.2, 0) is 0 Å². The number of nitrogens with zero attached hydrogens (tertiary/aromatic N) is 2. The summed E-state index contributed by atoms with van der Waals surface area (Å²) in [5.74, 6) is 0.485. The van der Waals surface area contributed by atoms with Gasteiger partial charge in [-0.1, -0.05) is 11.6 Å². The normalized spacial score (nSPS) is 15.1. The van der Waals surface area contributed by atoms with E-state index in [1.807, 2.05) is 6.07 Å². The average molecular weight is 225 g/mol. The zero-order valence-electron chi connectivity index (χ0n) is 8.83. The Hall–Kier alpha value is -1.09. The SMILES string of the molecule is CN(C)C(=O)c1cc(Cl)nc(C2CC2)c1. The van der Waals surface area contributed by atoms with Crippen molar-refractivity contribution in [2.75, 3.05) is 14.1 Å². The van der Waals surface area contributed by atoms with E-state index in [4.69, 9.17) is 11.6 Å². The molecule has 0 spiro atoms. The summed E-state index contributed by atoms with van der Waals surface area (Å²) >= 11 is 5.89. The highest BCUT2D eigenvalue weighted by atomic mass is 35.5. The number of carbonyl (C=O) groups excluding carboxylic acids is 1. The van der Waals surface area contributed by atoms with E-state index in [9.17, 15) is 4.79 Å². The minimum Gasteiger partial charge on any atom is -0.345 e. The molecule has 0 unspecified atom stereocenters. The third kappa shape index (κ3) is 2.29. The van der Waals surface area contributed by atoms with Crippen LogP contribution in [0.3, 0.4) is 0 Å². The second-order valence-corrected chi connectivity index (χ2v) is 4.46. The van der Waals surface area contributed by atoms with Gasteiger partial charge in [-0.2, -0.15) is 0 Å². The molecule has 1 aromatic rings. The summed E-state index contributed by atoms with van der Waals surface area (Å²) in [6.07, 6.45) is 2.31. The second kappa shape index (κ2) is 3.81. The number of rotatable bonds is 2. The van der Waals surface area contributed by atoms with Crippen molar-refractivity contribution in [2.24, 2.45) is 0 Å². The van der Waals surface area contributed by atoms with Crippen LogP contribution in [0.1, 0.15) is 34.8 Å². The molecule has 0 aromatic carbocycles. The maximum Gasteiger partial charge on any atom is 0.253 e. The lowest BCUT2D eigenvalue weighted by Gasteiger charge is -2.11. The number of pyridine rings is 1. The van der Waals surface area contributed by atoms with Crippen LogP contribution in [0.5, 0.6) is 0 Å². The fourth-order valence-electron chi connectivity index (χ4n) is 1.49. The van der Waals surface area contributed by atoms with Crippen molar-refractivity contribution >= 4 is 17.5 Å². The number of amides is 1. The second-order valence-electron chi connectivity index (χ2n) is 4.08. The zero-order chi connectivity index (χ0) is 11.0. The van der Waals surface area contributed by atoms with Gasteiger partial charge in [0.15, 0.2) is 0 Å². The van der Waals surface area contributed by atoms with Gasteiger partial charge in [-0.15, -0.1) is 0 Å². The van der Waals surface area contributed by atoms with E-state index in [0.29, 0.717) is 16.6 Å². The van der Waals surface area contributed by atoms with Crippen molar-refractivity contribution in [3.8, 4) is 0 Å². The van der Waals surface area contributed by atoms with E-state index in [0.717, 1.165) is 18.5 Å². The van der Waals surface area contributed by atoms with Crippen LogP contribution in [0.15, 0.2) is 12.1 Å². The van der Waals surface area contributed by atoms with Crippen molar-refractivity contribution in [3.63, 3.8) is 0 Å². The van der Waals surface area contributed by atoms with Gasteiger partial charge in [-0.25, -0.2) is 4.98 Å². The number of hydrogen-bond acceptors (Lipinski definition) is 2. The van der Waals surface area contributed by atoms with Gasteiger partial charge >= 0.3 is 0 Å². The molecule has 15 heavy (non-hydrogen) atoms. The molecule has 1 heterocycles. The molecule has 0 N–H and O–H groups in total. The standard InChI is InChI=1S/C11H13ClN2O/c1-14(2)11(15)8-5-9(7-3-4-7)13-10(12)6-8/h5-7H,3-4H2,1-2H3. The Balaban J connectivity index is 2.34. The Labute approximate surface area is 94.1 Å². The van der Waals surface area contributed by atoms with Gasteiger partial charge in [-0.3, -0.25) is 4.79 Å². The maximum atomic E-state index is 11.7. The van der Waals surface area contributed by atoms with E-state index in [-0.39, 0.29) is 5.91 Å². The molecule has 1 aromatic heterocycles. The molecule has 2 rings (SSSR count). The smallest absolute Gasteiger partial charge is 0.253 e. The molecule has 4 heteroatoms. The molecule has 0 radical (unpaired) electrons. The first kappa shape index (κ1) is 10.4. The van der Waals surface area contributed by atoms with Crippen molar-refractivity contribution in [2.45, 2.75) is 18.8 Å². The van der Waals surface area contributed by atoms with Gasteiger partial charge < -0.3 is 4.90 Å². The van der Waals surface area contributed by atoms with Crippen LogP contribution in [0.4, 0.5) is 0 Å². The highest BCUT2D eigenvalue weighted by Gasteiger charge is 2.26. The molecule has 1 aliphatic rings. The minimum atomic E-state index is -0.0267. The Morgan fingerprint density at radius 3 is 2.67 bits per heavy atom. The lowest BCUT2D eigenvalue weighted by atomic mass is 10.1. The van der Waals surface area contributed by atoms with E-state index in [1.54, 1.807) is 25.1 Å². The number of halogens is 1. The largest absolute Gasteiger partial charge is 0.345 e. The molecule has 1 aliphatic carbocycles. The lowest BCUT2D eigenvalue weighted by molar-refractivity contribution is 0.0827. The Morgan fingerprint density at radius 1 is 1.47 bits per heavy atom. The molecule has 0 saturated heterocycles. The van der Waals surface area contributed by atoms with Gasteiger partial charge in [0.25, 0.3) is 5.91 Å². The van der Waals surface area contributed by atoms with Crippen LogP contribution in [0.25, 0.3) is 0 Å². The van der Waals surface area contributed by atoms with Crippen molar-refractivity contribution in [3.05, 3.63) is 28.5 Å². The topological polar surface area (TPSA) is 33.2 Å². The molecule has 0 atom stereocenters. The zero-order valence-corrected chi connectivity index (χ0v) is 9.58. The fourth-order valence-corrected chi connectivity index (χ4v) is 1.70. The van der Waals surface area contributed by atoms with Crippen molar-refractivity contribution < 1.29 is 4.79 Å². The number of hydrogen-bond donors (Lipinski definition) is 0. The summed E-state index contributed by atoms with van der Waals surface area (Å²) < 4.78 is 0. The van der Waals surface area contributed by atoms with Crippen LogP contribution in [-0.4, -0.2) is 29.9 Å². The average Bonchev–Trinajstić information content (AvgIpc) is 2.98. The molecule has 1 fully saturated rings. The van der Waals surface area contributed by atoms with Crippen LogP contribution < -0.4 is 0 Å². The highest BCUT2D eigenvalue weighted by molar-refractivity contribution is 6.29. The third-order valence-corrected chi connectivity index (χ3v) is 2.66. The summed E-state index contributed by atoms with van der Waals surface area (Å²) in [6.45, 7) is 0. The van der Waals surface area contributed by atoms with Gasteiger partial charge in [-0.05, 0) is 25.0 Å². The summed E-state index contributed by atoms with van der Waals surface area (Å²) in [7, 11) is 3.46. The van der Waals surface area contributed by atoms with Gasteiger partial charge in [0, 0.05) is 31.3 Å². The third-order valence-electron chi connectivity index (χ3n) is 2.46. The van der Waals surface area contributed by atoms with E-state index >= 15 is 0 Å². The van der Waals surface area contributed by atoms with Crippen LogP contribution >= 0.6 is 11.6 Å². The summed E-state index contributed by atoms with van der Waals surface area (Å²) in [4.78, 5) is 17.5. The molecule has 80 valence electrons. The highest BCUT2D eigenvalue weighted by Crippen LogP contribution is 2.39. The number of carbonyl (C=O) groups is 1. The molecule has 1 amide bonds. The fraction of sp³-hybridized carbons (Fsp3) is 0.455. The first-order valence-electron chi connectivity index (χ1n) is 4.97. The first-order chi connectivity index (χ1) is 7.08. The van der Waals surface area contributed by atoms with Crippen molar-refractivity contribution in [1.29, 1.82) is 0 Å². The Bertz CT molecular complexity index is 400. The molecule has 0 bridgehead atoms. The van der Waals surface area contributed by atoms with E-state index in [2.05, 4.69) is 4.98 Å². The maximum absolute atomic E-state index is 11.7. The summed E-state index contributed by atoms with van der Waals surface area (Å²) in [5, 5.41) is 0.407. The quantitative estimate of drug-likeness (QED) is 0.723.